The van der Waals surface area contributed by atoms with Crippen LogP contribution < -0.4 is 16.7 Å². The van der Waals surface area contributed by atoms with Gasteiger partial charge in [0.05, 0.1) is 22.8 Å². The van der Waals surface area contributed by atoms with Gasteiger partial charge in [-0.3, -0.25) is 28.8 Å². The lowest BCUT2D eigenvalue weighted by Crippen LogP contribution is -2.36. The number of nitrogens with zero attached hydrogens (tertiary/aromatic N) is 3. The Bertz CT molecular complexity index is 1350. The number of hydrogen-bond acceptors (Lipinski definition) is 4. The Kier molecular flexibility index (Phi) is 4.85. The maximum Gasteiger partial charge on any atom is 0.330 e. The molecule has 0 saturated heterocycles. The SMILES string of the molecule is Cn1c(=O)c2c(-c3ccccc3)n(NC(=O)C(O)c3ccccc3)cc2n(C)c1=O. The molecule has 0 aliphatic heterocycles. The lowest BCUT2D eigenvalue weighted by atomic mass is 10.1. The Labute approximate surface area is 171 Å². The van der Waals surface area contributed by atoms with Crippen LogP contribution in [-0.4, -0.2) is 24.8 Å². The van der Waals surface area contributed by atoms with Gasteiger partial charge in [-0.1, -0.05) is 60.7 Å². The highest BCUT2D eigenvalue weighted by atomic mass is 16.3. The standard InChI is InChI=1S/C22H20N4O4/c1-24-16-13-26(23-20(28)19(27)15-11-7-4-8-12-15)18(14-9-5-3-6-10-14)17(16)21(29)25(2)22(24)30/h3-13,19,27H,1-2H3,(H,23,28). The quantitative estimate of drug-likeness (QED) is 0.539. The van der Waals surface area contributed by atoms with Gasteiger partial charge in [0, 0.05) is 19.7 Å². The van der Waals surface area contributed by atoms with Crippen LogP contribution in [0.25, 0.3) is 22.2 Å². The van der Waals surface area contributed by atoms with Crippen molar-refractivity contribution in [3.8, 4) is 11.3 Å². The molecule has 2 aromatic heterocycles. The first-order valence-corrected chi connectivity index (χ1v) is 9.30. The topological polar surface area (TPSA) is 98.3 Å². The zero-order valence-electron chi connectivity index (χ0n) is 16.4. The molecule has 0 bridgehead atoms. The average Bonchev–Trinajstić information content (AvgIpc) is 3.16. The number of carbonyl (C=O) groups excluding carboxylic acids is 1. The number of aliphatic hydroxyl groups is 1. The minimum atomic E-state index is -1.40. The van der Waals surface area contributed by atoms with Crippen LogP contribution >= 0.6 is 0 Å². The molecule has 4 rings (SSSR count). The second-order valence-corrected chi connectivity index (χ2v) is 6.97. The number of nitrogens with one attached hydrogen (secondary N) is 1. The van der Waals surface area contributed by atoms with Crippen LogP contribution in [-0.2, 0) is 18.9 Å². The Morgan fingerprint density at radius 3 is 2.17 bits per heavy atom. The first kappa shape index (κ1) is 19.4. The van der Waals surface area contributed by atoms with Crippen LogP contribution in [0.2, 0.25) is 0 Å². The molecule has 0 aliphatic carbocycles. The number of rotatable bonds is 4. The zero-order valence-corrected chi connectivity index (χ0v) is 16.4. The third-order valence-electron chi connectivity index (χ3n) is 5.08. The molecule has 0 aliphatic rings. The van der Waals surface area contributed by atoms with Gasteiger partial charge in [-0.05, 0) is 5.56 Å². The minimum absolute atomic E-state index is 0.292. The van der Waals surface area contributed by atoms with E-state index < -0.39 is 23.3 Å². The normalized spacial score (nSPS) is 12.1. The van der Waals surface area contributed by atoms with Crippen molar-refractivity contribution < 1.29 is 9.90 Å². The average molecular weight is 404 g/mol. The van der Waals surface area contributed by atoms with Crippen molar-refractivity contribution in [3.05, 3.63) is 93.3 Å². The van der Waals surface area contributed by atoms with Gasteiger partial charge in [-0.25, -0.2) is 4.79 Å². The molecule has 1 atom stereocenters. The maximum atomic E-state index is 12.9. The summed E-state index contributed by atoms with van der Waals surface area (Å²) in [5.74, 6) is -0.666. The van der Waals surface area contributed by atoms with Crippen LogP contribution in [0.15, 0.2) is 76.4 Å². The lowest BCUT2D eigenvalue weighted by molar-refractivity contribution is -0.125. The van der Waals surface area contributed by atoms with Gasteiger partial charge in [-0.15, -0.1) is 0 Å². The molecule has 0 radical (unpaired) electrons. The van der Waals surface area contributed by atoms with Gasteiger partial charge < -0.3 is 5.11 Å². The molecule has 1 amide bonds. The van der Waals surface area contributed by atoms with E-state index in [0.29, 0.717) is 27.7 Å². The molecule has 152 valence electrons. The van der Waals surface area contributed by atoms with E-state index in [4.69, 9.17) is 0 Å². The Morgan fingerprint density at radius 1 is 0.933 bits per heavy atom. The van der Waals surface area contributed by atoms with Crippen LogP contribution in [0.1, 0.15) is 11.7 Å². The first-order chi connectivity index (χ1) is 14.4. The summed E-state index contributed by atoms with van der Waals surface area (Å²) in [4.78, 5) is 38.0. The summed E-state index contributed by atoms with van der Waals surface area (Å²) in [5.41, 5.74) is 3.63. The summed E-state index contributed by atoms with van der Waals surface area (Å²) < 4.78 is 3.76. The second kappa shape index (κ2) is 7.49. The van der Waals surface area contributed by atoms with E-state index in [9.17, 15) is 19.5 Å². The van der Waals surface area contributed by atoms with Crippen molar-refractivity contribution in [2.45, 2.75) is 6.10 Å². The predicted octanol–water partition coefficient (Wildman–Crippen LogP) is 1.51. The van der Waals surface area contributed by atoms with Crippen molar-refractivity contribution in [3.63, 3.8) is 0 Å². The summed E-state index contributed by atoms with van der Waals surface area (Å²) >= 11 is 0. The van der Waals surface area contributed by atoms with Crippen LogP contribution in [0.4, 0.5) is 0 Å². The van der Waals surface area contributed by atoms with Crippen LogP contribution in [0.3, 0.4) is 0 Å². The molecule has 0 saturated carbocycles. The fourth-order valence-electron chi connectivity index (χ4n) is 3.48. The van der Waals surface area contributed by atoms with Gasteiger partial charge in [0.1, 0.15) is 0 Å². The van der Waals surface area contributed by atoms with E-state index in [2.05, 4.69) is 5.43 Å². The Balaban J connectivity index is 1.91. The monoisotopic (exact) mass is 404 g/mol. The van der Waals surface area contributed by atoms with Crippen molar-refractivity contribution in [1.29, 1.82) is 0 Å². The number of benzene rings is 2. The predicted molar refractivity (Wildman–Crippen MR) is 114 cm³/mol. The molecule has 2 heterocycles. The number of aromatic nitrogens is 3. The molecular formula is C22H20N4O4. The number of aryl methyl sites for hydroxylation is 1. The van der Waals surface area contributed by atoms with E-state index in [1.54, 1.807) is 49.5 Å². The molecule has 4 aromatic rings. The summed E-state index contributed by atoms with van der Waals surface area (Å²) in [5, 5.41) is 10.7. The van der Waals surface area contributed by atoms with E-state index in [0.717, 1.165) is 4.57 Å². The molecule has 30 heavy (non-hydrogen) atoms. The van der Waals surface area contributed by atoms with Crippen molar-refractivity contribution in [1.82, 2.24) is 13.8 Å². The molecule has 2 aromatic carbocycles. The van der Waals surface area contributed by atoms with Crippen LogP contribution in [0, 0.1) is 0 Å². The summed E-state index contributed by atoms with van der Waals surface area (Å²) in [6.45, 7) is 0. The number of fused-ring (bicyclic) bond motifs is 1. The smallest absolute Gasteiger partial charge is 0.330 e. The van der Waals surface area contributed by atoms with Gasteiger partial charge in [0.25, 0.3) is 11.5 Å². The lowest BCUT2D eigenvalue weighted by Gasteiger charge is -2.15. The molecule has 0 fully saturated rings. The van der Waals surface area contributed by atoms with Crippen LogP contribution in [0.5, 0.6) is 0 Å². The number of hydrogen-bond donors (Lipinski definition) is 2. The fourth-order valence-corrected chi connectivity index (χ4v) is 3.48. The number of carbonyl (C=O) groups is 1. The maximum absolute atomic E-state index is 12.9. The summed E-state index contributed by atoms with van der Waals surface area (Å²) in [7, 11) is 2.97. The van der Waals surface area contributed by atoms with E-state index >= 15 is 0 Å². The van der Waals surface area contributed by atoms with Crippen molar-refractivity contribution in [2.75, 3.05) is 5.43 Å². The molecule has 8 nitrogen and oxygen atoms in total. The highest BCUT2D eigenvalue weighted by Crippen LogP contribution is 2.27. The number of amides is 1. The highest BCUT2D eigenvalue weighted by molar-refractivity contribution is 5.96. The molecule has 2 N–H and O–H groups in total. The second-order valence-electron chi connectivity index (χ2n) is 6.97. The van der Waals surface area contributed by atoms with Crippen molar-refractivity contribution >= 4 is 16.8 Å². The van der Waals surface area contributed by atoms with Crippen molar-refractivity contribution in [2.24, 2.45) is 14.1 Å². The summed E-state index contributed by atoms with van der Waals surface area (Å²) in [6.07, 6.45) is 0.114. The van der Waals surface area contributed by atoms with E-state index in [1.165, 1.54) is 22.5 Å². The molecule has 8 heteroatoms. The molecule has 0 spiro atoms. The molecule has 1 unspecified atom stereocenters. The number of aliphatic hydroxyl groups excluding tert-OH is 1. The Hall–Kier alpha value is -3.91. The van der Waals surface area contributed by atoms with Gasteiger partial charge >= 0.3 is 5.69 Å². The summed E-state index contributed by atoms with van der Waals surface area (Å²) in [6, 6.07) is 17.6. The van der Waals surface area contributed by atoms with Gasteiger partial charge in [0.2, 0.25) is 0 Å². The van der Waals surface area contributed by atoms with Gasteiger partial charge in [0.15, 0.2) is 6.10 Å². The largest absolute Gasteiger partial charge is 0.378 e. The van der Waals surface area contributed by atoms with E-state index in [-0.39, 0.29) is 0 Å². The first-order valence-electron chi connectivity index (χ1n) is 9.30. The highest BCUT2D eigenvalue weighted by Gasteiger charge is 2.23. The minimum Gasteiger partial charge on any atom is -0.378 e. The fraction of sp³-hybridized carbons (Fsp3) is 0.136. The third-order valence-corrected chi connectivity index (χ3v) is 5.08. The Morgan fingerprint density at radius 2 is 1.53 bits per heavy atom. The zero-order chi connectivity index (χ0) is 21.4. The third kappa shape index (κ3) is 3.13. The van der Waals surface area contributed by atoms with E-state index in [1.807, 2.05) is 18.2 Å². The molecular weight excluding hydrogens is 384 g/mol. The van der Waals surface area contributed by atoms with Gasteiger partial charge in [-0.2, -0.15) is 0 Å².